The highest BCUT2D eigenvalue weighted by Gasteiger charge is 2.16. The lowest BCUT2D eigenvalue weighted by Gasteiger charge is -2.13. The van der Waals surface area contributed by atoms with Gasteiger partial charge in [0.25, 0.3) is 0 Å². The number of unbranched alkanes of at least 4 members (excludes halogenated alkanes) is 1. The number of aromatic nitrogens is 2. The second-order valence-corrected chi connectivity index (χ2v) is 8.21. The molecular weight excluding hydrogens is 420 g/mol. The number of nitrogens with zero attached hydrogens (tertiary/aromatic N) is 2. The maximum Gasteiger partial charge on any atom is 0.336 e. The van der Waals surface area contributed by atoms with Gasteiger partial charge in [-0.25, -0.2) is 9.78 Å². The molecule has 0 bridgehead atoms. The number of rotatable bonds is 8. The van der Waals surface area contributed by atoms with Gasteiger partial charge in [-0.3, -0.25) is 0 Å². The van der Waals surface area contributed by atoms with Gasteiger partial charge >= 0.3 is 5.97 Å². The largest absolute Gasteiger partial charge is 0.478 e. The maximum atomic E-state index is 12.2. The zero-order chi connectivity index (χ0) is 22.5. The van der Waals surface area contributed by atoms with Crippen LogP contribution in [0.4, 0.5) is 0 Å². The minimum absolute atomic E-state index is 0.234. The Morgan fingerprint density at radius 1 is 1.06 bits per heavy atom. The minimum atomic E-state index is -0.971. The Morgan fingerprint density at radius 3 is 2.56 bits per heavy atom. The lowest BCUT2D eigenvalue weighted by Crippen LogP contribution is -2.09. The van der Waals surface area contributed by atoms with Gasteiger partial charge in [-0.15, -0.1) is 0 Å². The molecular formula is C27H25ClN2O2. The van der Waals surface area contributed by atoms with Crippen LogP contribution in [0.3, 0.4) is 0 Å². The maximum absolute atomic E-state index is 12.2. The van der Waals surface area contributed by atoms with Gasteiger partial charge in [-0.1, -0.05) is 79.5 Å². The van der Waals surface area contributed by atoms with Crippen molar-refractivity contribution < 1.29 is 9.90 Å². The van der Waals surface area contributed by atoms with Gasteiger partial charge in [0.2, 0.25) is 0 Å². The van der Waals surface area contributed by atoms with E-state index in [1.54, 1.807) is 12.3 Å². The molecule has 4 aromatic rings. The highest BCUT2D eigenvalue weighted by Crippen LogP contribution is 2.25. The molecule has 0 atom stereocenters. The van der Waals surface area contributed by atoms with Crippen molar-refractivity contribution in [3.05, 3.63) is 101 Å². The highest BCUT2D eigenvalue weighted by molar-refractivity contribution is 6.31. The molecule has 0 saturated heterocycles. The van der Waals surface area contributed by atoms with E-state index in [0.717, 1.165) is 47.1 Å². The Balaban J connectivity index is 1.79. The monoisotopic (exact) mass is 444 g/mol. The zero-order valence-electron chi connectivity index (χ0n) is 18.0. The van der Waals surface area contributed by atoms with E-state index in [9.17, 15) is 9.90 Å². The molecule has 1 heterocycles. The number of carbonyl (C=O) groups is 1. The van der Waals surface area contributed by atoms with Crippen molar-refractivity contribution in [2.75, 3.05) is 0 Å². The van der Waals surface area contributed by atoms with Gasteiger partial charge in [-0.2, -0.15) is 0 Å². The fourth-order valence-electron chi connectivity index (χ4n) is 3.83. The summed E-state index contributed by atoms with van der Waals surface area (Å²) < 4.78 is 2.07. The first-order chi connectivity index (χ1) is 15.6. The van der Waals surface area contributed by atoms with Crippen LogP contribution in [0, 0.1) is 0 Å². The Morgan fingerprint density at radius 2 is 1.81 bits per heavy atom. The number of carboxylic acids is 1. The van der Waals surface area contributed by atoms with E-state index in [4.69, 9.17) is 11.6 Å². The number of hydrogen-bond donors (Lipinski definition) is 1. The van der Waals surface area contributed by atoms with E-state index in [1.165, 1.54) is 0 Å². The number of halogens is 1. The smallest absolute Gasteiger partial charge is 0.336 e. The van der Waals surface area contributed by atoms with E-state index >= 15 is 0 Å². The van der Waals surface area contributed by atoms with Gasteiger partial charge in [0, 0.05) is 11.4 Å². The molecule has 1 aromatic heterocycles. The van der Waals surface area contributed by atoms with Crippen LogP contribution in [-0.2, 0) is 17.8 Å². The summed E-state index contributed by atoms with van der Waals surface area (Å²) in [4.78, 5) is 16.8. The van der Waals surface area contributed by atoms with E-state index < -0.39 is 5.97 Å². The standard InChI is InChI=1S/C27H25ClN2O2/c1-2-3-12-26-29-17-23(30(26)18-22-10-6-7-11-25(22)28)16-24(27(31)32)21-14-13-19-8-4-5-9-20(19)15-21/h4-11,13-17H,2-3,12,18H2,1H3,(H,31,32)/b24-16+. The topological polar surface area (TPSA) is 55.1 Å². The molecule has 3 aromatic carbocycles. The average Bonchev–Trinajstić information content (AvgIpc) is 3.18. The van der Waals surface area contributed by atoms with Gasteiger partial charge in [0.1, 0.15) is 5.82 Å². The van der Waals surface area contributed by atoms with Crippen LogP contribution in [-0.4, -0.2) is 20.6 Å². The zero-order valence-corrected chi connectivity index (χ0v) is 18.7. The molecule has 32 heavy (non-hydrogen) atoms. The van der Waals surface area contributed by atoms with E-state index in [1.807, 2.05) is 66.7 Å². The molecule has 0 unspecified atom stereocenters. The molecule has 0 fully saturated rings. The Hall–Kier alpha value is -3.37. The van der Waals surface area contributed by atoms with Crippen molar-refractivity contribution in [1.82, 2.24) is 9.55 Å². The summed E-state index contributed by atoms with van der Waals surface area (Å²) in [6, 6.07) is 21.4. The Labute approximate surface area is 192 Å². The van der Waals surface area contributed by atoms with Gasteiger partial charge < -0.3 is 9.67 Å². The van der Waals surface area contributed by atoms with Crippen molar-refractivity contribution in [3.8, 4) is 0 Å². The van der Waals surface area contributed by atoms with Crippen LogP contribution in [0.1, 0.15) is 42.4 Å². The molecule has 1 N–H and O–H groups in total. The summed E-state index contributed by atoms with van der Waals surface area (Å²) in [7, 11) is 0. The summed E-state index contributed by atoms with van der Waals surface area (Å²) in [5.41, 5.74) is 2.62. The second kappa shape index (κ2) is 9.84. The third kappa shape index (κ3) is 4.76. The third-order valence-corrected chi connectivity index (χ3v) is 5.96. The van der Waals surface area contributed by atoms with Crippen LogP contribution in [0.15, 0.2) is 72.9 Å². The quantitative estimate of drug-likeness (QED) is 0.307. The first-order valence-electron chi connectivity index (χ1n) is 10.8. The lowest BCUT2D eigenvalue weighted by molar-refractivity contribution is -0.130. The first kappa shape index (κ1) is 21.8. The molecule has 0 saturated carbocycles. The highest BCUT2D eigenvalue weighted by atomic mass is 35.5. The molecule has 0 spiro atoms. The number of fused-ring (bicyclic) bond motifs is 1. The van der Waals surface area contributed by atoms with Gasteiger partial charge in [0.05, 0.1) is 24.0 Å². The molecule has 4 nitrogen and oxygen atoms in total. The fraction of sp³-hybridized carbons (Fsp3) is 0.185. The normalized spacial score (nSPS) is 11.8. The average molecular weight is 445 g/mol. The van der Waals surface area contributed by atoms with E-state index in [-0.39, 0.29) is 5.57 Å². The lowest BCUT2D eigenvalue weighted by atomic mass is 10.0. The van der Waals surface area contributed by atoms with Crippen molar-refractivity contribution in [2.24, 2.45) is 0 Å². The number of aryl methyl sites for hydroxylation is 1. The van der Waals surface area contributed by atoms with Crippen molar-refractivity contribution in [1.29, 1.82) is 0 Å². The summed E-state index contributed by atoms with van der Waals surface area (Å²) in [6.07, 6.45) is 6.37. The molecule has 5 heteroatoms. The van der Waals surface area contributed by atoms with E-state index in [0.29, 0.717) is 17.1 Å². The third-order valence-electron chi connectivity index (χ3n) is 5.59. The van der Waals surface area contributed by atoms with Crippen LogP contribution in [0.5, 0.6) is 0 Å². The van der Waals surface area contributed by atoms with Gasteiger partial charge in [0.15, 0.2) is 0 Å². The molecule has 0 aliphatic heterocycles. The molecule has 0 amide bonds. The summed E-state index contributed by atoms with van der Waals surface area (Å²) in [5.74, 6) is -0.0397. The summed E-state index contributed by atoms with van der Waals surface area (Å²) in [6.45, 7) is 2.68. The van der Waals surface area contributed by atoms with Crippen LogP contribution in [0.2, 0.25) is 5.02 Å². The number of hydrogen-bond acceptors (Lipinski definition) is 2. The molecule has 162 valence electrons. The summed E-state index contributed by atoms with van der Waals surface area (Å²) in [5, 5.41) is 12.8. The van der Waals surface area contributed by atoms with Gasteiger partial charge in [-0.05, 0) is 46.5 Å². The molecule has 4 rings (SSSR count). The van der Waals surface area contributed by atoms with Crippen molar-refractivity contribution in [3.63, 3.8) is 0 Å². The molecule has 0 radical (unpaired) electrons. The van der Waals surface area contributed by atoms with Crippen LogP contribution in [0.25, 0.3) is 22.4 Å². The number of aliphatic carboxylic acids is 1. The summed E-state index contributed by atoms with van der Waals surface area (Å²) >= 11 is 6.41. The second-order valence-electron chi connectivity index (χ2n) is 7.81. The SMILES string of the molecule is CCCCc1ncc(/C=C(/C(=O)O)c2ccc3ccccc3c2)n1Cc1ccccc1Cl. The number of imidazole rings is 1. The Kier molecular flexibility index (Phi) is 6.72. The predicted octanol–water partition coefficient (Wildman–Crippen LogP) is 6.71. The first-order valence-corrected chi connectivity index (χ1v) is 11.2. The predicted molar refractivity (Wildman–Crippen MR) is 131 cm³/mol. The van der Waals surface area contributed by atoms with Crippen molar-refractivity contribution in [2.45, 2.75) is 32.7 Å². The minimum Gasteiger partial charge on any atom is -0.478 e. The number of benzene rings is 3. The van der Waals surface area contributed by atoms with E-state index in [2.05, 4.69) is 16.5 Å². The van der Waals surface area contributed by atoms with Crippen LogP contribution < -0.4 is 0 Å². The molecule has 0 aliphatic rings. The van der Waals surface area contributed by atoms with Crippen molar-refractivity contribution >= 4 is 40.0 Å². The Bertz CT molecular complexity index is 1290. The van der Waals surface area contributed by atoms with Crippen LogP contribution >= 0.6 is 11.6 Å². The fourth-order valence-corrected chi connectivity index (χ4v) is 4.03. The number of carboxylic acid groups (broad SMARTS) is 1. The molecule has 0 aliphatic carbocycles.